The Morgan fingerprint density at radius 2 is 2.07 bits per heavy atom. The Hall–Kier alpha value is -2.96. The van der Waals surface area contributed by atoms with Gasteiger partial charge in [0.1, 0.15) is 11.8 Å². The van der Waals surface area contributed by atoms with Crippen molar-refractivity contribution in [1.29, 1.82) is 5.26 Å². The number of anilines is 1. The van der Waals surface area contributed by atoms with E-state index in [-0.39, 0.29) is 19.1 Å². The molecule has 2 aromatic rings. The summed E-state index contributed by atoms with van der Waals surface area (Å²) in [5.41, 5.74) is 0.223. The molecule has 9 heteroatoms. The highest BCUT2D eigenvalue weighted by Crippen LogP contribution is 2.35. The average molecular weight is 372 g/mol. The van der Waals surface area contributed by atoms with Crippen molar-refractivity contribution in [2.45, 2.75) is 6.61 Å². The lowest BCUT2D eigenvalue weighted by atomic mass is 10.3. The molecule has 0 unspecified atom stereocenters. The van der Waals surface area contributed by atoms with Gasteiger partial charge >= 0.3 is 0 Å². The first-order chi connectivity index (χ1) is 13.3. The molecule has 0 amide bonds. The van der Waals surface area contributed by atoms with Crippen LogP contribution in [0.15, 0.2) is 22.6 Å². The van der Waals surface area contributed by atoms with Crippen molar-refractivity contribution in [3.05, 3.63) is 29.8 Å². The third-order valence-electron chi connectivity index (χ3n) is 4.30. The van der Waals surface area contributed by atoms with Crippen molar-refractivity contribution in [2.24, 2.45) is 0 Å². The quantitative estimate of drug-likeness (QED) is 0.776. The van der Waals surface area contributed by atoms with Crippen LogP contribution < -0.4 is 19.5 Å². The van der Waals surface area contributed by atoms with Crippen LogP contribution in [-0.2, 0) is 11.3 Å². The lowest BCUT2D eigenvalue weighted by molar-refractivity contribution is 0.0398. The molecule has 2 aliphatic rings. The molecule has 27 heavy (non-hydrogen) atoms. The van der Waals surface area contributed by atoms with E-state index in [1.54, 1.807) is 18.2 Å². The van der Waals surface area contributed by atoms with Gasteiger partial charge < -0.3 is 28.7 Å². The minimum atomic E-state index is 0.111. The molecule has 1 aromatic carbocycles. The average Bonchev–Trinajstić information content (AvgIpc) is 3.33. The fourth-order valence-corrected chi connectivity index (χ4v) is 2.89. The van der Waals surface area contributed by atoms with Gasteiger partial charge in [-0.15, -0.1) is 0 Å². The largest absolute Gasteiger partial charge is 0.484 e. The number of nitrogens with zero attached hydrogens (tertiary/aromatic N) is 3. The Morgan fingerprint density at radius 1 is 1.22 bits per heavy atom. The maximum absolute atomic E-state index is 9.26. The third kappa shape index (κ3) is 4.24. The number of nitrogens with one attached hydrogen (secondary N) is 1. The predicted octanol–water partition coefficient (Wildman–Crippen LogP) is 1.60. The summed E-state index contributed by atoms with van der Waals surface area (Å²) >= 11 is 0. The topological polar surface area (TPSA) is 102 Å². The Labute approximate surface area is 156 Å². The molecule has 1 saturated heterocycles. The van der Waals surface area contributed by atoms with Crippen LogP contribution in [0, 0.1) is 11.3 Å². The molecule has 1 fully saturated rings. The number of hydrogen-bond acceptors (Lipinski definition) is 9. The number of aromatic nitrogens is 1. The van der Waals surface area contributed by atoms with Crippen LogP contribution in [0.1, 0.15) is 11.6 Å². The summed E-state index contributed by atoms with van der Waals surface area (Å²) < 4.78 is 27.2. The first-order valence-electron chi connectivity index (χ1n) is 8.78. The summed E-state index contributed by atoms with van der Waals surface area (Å²) in [5, 5.41) is 12.4. The zero-order chi connectivity index (χ0) is 18.5. The number of oxazole rings is 1. The van der Waals surface area contributed by atoms with Crippen molar-refractivity contribution in [3.63, 3.8) is 0 Å². The number of hydrogen-bond donors (Lipinski definition) is 1. The summed E-state index contributed by atoms with van der Waals surface area (Å²) in [6.45, 7) is 5.17. The zero-order valence-corrected chi connectivity index (χ0v) is 14.8. The fraction of sp³-hybridized carbons (Fsp3) is 0.444. The van der Waals surface area contributed by atoms with Gasteiger partial charge in [0.25, 0.3) is 0 Å². The van der Waals surface area contributed by atoms with Crippen LogP contribution in [0.2, 0.25) is 0 Å². The second-order valence-corrected chi connectivity index (χ2v) is 6.08. The Balaban J connectivity index is 1.31. The summed E-state index contributed by atoms with van der Waals surface area (Å²) in [6, 6.07) is 7.36. The SMILES string of the molecule is N#Cc1nc(COc2ccc3c(c2)OCO3)oc1NCCN1CCOCC1. The van der Waals surface area contributed by atoms with Crippen molar-refractivity contribution in [1.82, 2.24) is 9.88 Å². The van der Waals surface area contributed by atoms with Crippen molar-refractivity contribution >= 4 is 5.88 Å². The lowest BCUT2D eigenvalue weighted by Gasteiger charge is -2.26. The van der Waals surface area contributed by atoms with E-state index >= 15 is 0 Å². The summed E-state index contributed by atoms with van der Waals surface area (Å²) in [7, 11) is 0. The molecule has 0 saturated carbocycles. The molecular formula is C18H20N4O5. The van der Waals surface area contributed by atoms with Crippen molar-refractivity contribution in [3.8, 4) is 23.3 Å². The van der Waals surface area contributed by atoms with E-state index in [9.17, 15) is 5.26 Å². The minimum absolute atomic E-state index is 0.111. The van der Waals surface area contributed by atoms with E-state index in [2.05, 4.69) is 15.2 Å². The van der Waals surface area contributed by atoms with Crippen LogP contribution in [-0.4, -0.2) is 56.1 Å². The second kappa shape index (κ2) is 8.16. The fourth-order valence-electron chi connectivity index (χ4n) is 2.89. The number of morpholine rings is 1. The molecule has 0 bridgehead atoms. The molecule has 2 aliphatic heterocycles. The molecule has 0 spiro atoms. The van der Waals surface area contributed by atoms with E-state index in [4.69, 9.17) is 23.4 Å². The van der Waals surface area contributed by atoms with E-state index in [0.29, 0.717) is 35.6 Å². The molecule has 0 atom stereocenters. The maximum atomic E-state index is 9.26. The molecule has 0 radical (unpaired) electrons. The number of fused-ring (bicyclic) bond motifs is 1. The van der Waals surface area contributed by atoms with Gasteiger partial charge in [0, 0.05) is 32.2 Å². The summed E-state index contributed by atoms with van der Waals surface area (Å²) in [5.74, 6) is 2.64. The number of nitriles is 1. The molecule has 142 valence electrons. The molecule has 0 aliphatic carbocycles. The predicted molar refractivity (Wildman–Crippen MR) is 93.9 cm³/mol. The summed E-state index contributed by atoms with van der Waals surface area (Å²) in [6.07, 6.45) is 0. The van der Waals surface area contributed by atoms with E-state index in [0.717, 1.165) is 32.8 Å². The van der Waals surface area contributed by atoms with Crippen molar-refractivity contribution < 1.29 is 23.4 Å². The van der Waals surface area contributed by atoms with Gasteiger partial charge in [-0.05, 0) is 12.1 Å². The second-order valence-electron chi connectivity index (χ2n) is 6.08. The first-order valence-corrected chi connectivity index (χ1v) is 8.78. The third-order valence-corrected chi connectivity index (χ3v) is 4.30. The zero-order valence-electron chi connectivity index (χ0n) is 14.8. The van der Waals surface area contributed by atoms with Gasteiger partial charge in [-0.1, -0.05) is 0 Å². The number of ether oxygens (including phenoxy) is 4. The molecule has 4 rings (SSSR count). The van der Waals surface area contributed by atoms with Crippen LogP contribution >= 0.6 is 0 Å². The molecule has 9 nitrogen and oxygen atoms in total. The van der Waals surface area contributed by atoms with Crippen LogP contribution in [0.5, 0.6) is 17.2 Å². The first kappa shape index (κ1) is 17.5. The monoisotopic (exact) mass is 372 g/mol. The molecule has 1 aromatic heterocycles. The minimum Gasteiger partial charge on any atom is -0.484 e. The van der Waals surface area contributed by atoms with Crippen molar-refractivity contribution in [2.75, 3.05) is 51.5 Å². The smallest absolute Gasteiger partial charge is 0.236 e. The Morgan fingerprint density at radius 3 is 2.93 bits per heavy atom. The standard InChI is InChI=1S/C18H20N4O5/c19-10-14-18(20-3-4-22-5-7-23-8-6-22)27-17(21-14)11-24-13-1-2-15-16(9-13)26-12-25-15/h1-2,9,20H,3-8,11-12H2. The Kier molecular flexibility index (Phi) is 5.27. The highest BCUT2D eigenvalue weighted by Gasteiger charge is 2.16. The van der Waals surface area contributed by atoms with Gasteiger partial charge in [0.05, 0.1) is 13.2 Å². The van der Waals surface area contributed by atoms with Gasteiger partial charge in [0.15, 0.2) is 18.1 Å². The van der Waals surface area contributed by atoms with Crippen LogP contribution in [0.4, 0.5) is 5.88 Å². The normalized spacial score (nSPS) is 16.1. The van der Waals surface area contributed by atoms with Crippen LogP contribution in [0.3, 0.4) is 0 Å². The highest BCUT2D eigenvalue weighted by atomic mass is 16.7. The molecule has 3 heterocycles. The molecule has 1 N–H and O–H groups in total. The van der Waals surface area contributed by atoms with Crippen LogP contribution in [0.25, 0.3) is 0 Å². The van der Waals surface area contributed by atoms with Gasteiger partial charge in [0.2, 0.25) is 24.3 Å². The van der Waals surface area contributed by atoms with Gasteiger partial charge in [-0.2, -0.15) is 10.2 Å². The Bertz CT molecular complexity index is 826. The molecular weight excluding hydrogens is 352 g/mol. The highest BCUT2D eigenvalue weighted by molar-refractivity contribution is 5.47. The van der Waals surface area contributed by atoms with Gasteiger partial charge in [-0.25, -0.2) is 0 Å². The van der Waals surface area contributed by atoms with E-state index < -0.39 is 0 Å². The lowest BCUT2D eigenvalue weighted by Crippen LogP contribution is -2.39. The number of benzene rings is 1. The maximum Gasteiger partial charge on any atom is 0.236 e. The van der Waals surface area contributed by atoms with E-state index in [1.807, 2.05) is 6.07 Å². The number of rotatable bonds is 7. The summed E-state index contributed by atoms with van der Waals surface area (Å²) in [4.78, 5) is 6.47. The van der Waals surface area contributed by atoms with Gasteiger partial charge in [-0.3, -0.25) is 4.90 Å². The van der Waals surface area contributed by atoms with E-state index in [1.165, 1.54) is 0 Å².